The summed E-state index contributed by atoms with van der Waals surface area (Å²) in [5.41, 5.74) is 0.522. The molecule has 2 rings (SSSR count). The van der Waals surface area contributed by atoms with Crippen LogP contribution in [0.5, 0.6) is 0 Å². The van der Waals surface area contributed by atoms with E-state index in [0.29, 0.717) is 5.92 Å². The molecular weight excluding hydrogens is 318 g/mol. The van der Waals surface area contributed by atoms with Crippen LogP contribution >= 0.6 is 11.8 Å². The summed E-state index contributed by atoms with van der Waals surface area (Å²) in [5.74, 6) is 0.747. The summed E-state index contributed by atoms with van der Waals surface area (Å²) >= 11 is 1.18. The summed E-state index contributed by atoms with van der Waals surface area (Å²) in [6, 6.07) is 7.59. The Kier molecular flexibility index (Phi) is 6.90. The lowest BCUT2D eigenvalue weighted by Gasteiger charge is -2.36. The van der Waals surface area contributed by atoms with E-state index in [9.17, 15) is 9.59 Å². The monoisotopic (exact) mass is 347 g/mol. The standard InChI is InChI=1S/C20H29NO2S/c1-15(2)11-14-20(12-7-4-8-13-20)19(23)21-17-9-5-6-10-18(17)24-16(3)22/h5-6,9-10,15H,4,7-8,11-14H2,1-3H3,(H,21,23). The molecule has 1 aliphatic carbocycles. The Bertz CT molecular complexity index is 577. The molecule has 0 bridgehead atoms. The molecule has 0 saturated heterocycles. The van der Waals surface area contributed by atoms with Crippen LogP contribution in [0.15, 0.2) is 29.2 Å². The van der Waals surface area contributed by atoms with Gasteiger partial charge < -0.3 is 5.32 Å². The third-order valence-electron chi connectivity index (χ3n) is 4.88. The van der Waals surface area contributed by atoms with Crippen LogP contribution < -0.4 is 5.32 Å². The van der Waals surface area contributed by atoms with Gasteiger partial charge in [-0.15, -0.1) is 0 Å². The Morgan fingerprint density at radius 2 is 1.83 bits per heavy atom. The summed E-state index contributed by atoms with van der Waals surface area (Å²) in [6.07, 6.45) is 7.50. The molecule has 1 aromatic carbocycles. The van der Waals surface area contributed by atoms with Gasteiger partial charge in [0, 0.05) is 17.2 Å². The molecule has 132 valence electrons. The third-order valence-corrected chi connectivity index (χ3v) is 5.74. The fourth-order valence-corrected chi connectivity index (χ4v) is 4.14. The molecule has 0 aliphatic heterocycles. The highest BCUT2D eigenvalue weighted by Crippen LogP contribution is 2.42. The SMILES string of the molecule is CC(=O)Sc1ccccc1NC(=O)C1(CCC(C)C)CCCCC1. The van der Waals surface area contributed by atoms with Gasteiger partial charge in [-0.1, -0.05) is 57.0 Å². The second-order valence-corrected chi connectivity index (χ2v) is 8.54. The maximum Gasteiger partial charge on any atom is 0.230 e. The first-order valence-electron chi connectivity index (χ1n) is 9.02. The Morgan fingerprint density at radius 3 is 2.46 bits per heavy atom. The predicted octanol–water partition coefficient (Wildman–Crippen LogP) is 5.65. The van der Waals surface area contributed by atoms with E-state index in [-0.39, 0.29) is 16.4 Å². The van der Waals surface area contributed by atoms with Gasteiger partial charge in [0.25, 0.3) is 0 Å². The molecule has 0 aromatic heterocycles. The van der Waals surface area contributed by atoms with Gasteiger partial charge in [-0.05, 0) is 43.7 Å². The number of hydrogen-bond acceptors (Lipinski definition) is 3. The molecule has 0 heterocycles. The van der Waals surface area contributed by atoms with Crippen molar-refractivity contribution in [2.75, 3.05) is 5.32 Å². The minimum absolute atomic E-state index is 0.0314. The highest BCUT2D eigenvalue weighted by molar-refractivity contribution is 8.13. The van der Waals surface area contributed by atoms with E-state index in [0.717, 1.165) is 49.1 Å². The fourth-order valence-electron chi connectivity index (χ4n) is 3.45. The van der Waals surface area contributed by atoms with Crippen LogP contribution in [0.2, 0.25) is 0 Å². The molecule has 0 spiro atoms. The van der Waals surface area contributed by atoms with E-state index in [1.165, 1.54) is 18.2 Å². The van der Waals surface area contributed by atoms with Crippen LogP contribution in [-0.4, -0.2) is 11.0 Å². The zero-order chi connectivity index (χ0) is 17.6. The summed E-state index contributed by atoms with van der Waals surface area (Å²) in [6.45, 7) is 5.98. The van der Waals surface area contributed by atoms with Crippen LogP contribution in [-0.2, 0) is 9.59 Å². The number of hydrogen-bond donors (Lipinski definition) is 1. The van der Waals surface area contributed by atoms with Gasteiger partial charge in [0.2, 0.25) is 5.91 Å². The maximum atomic E-state index is 13.1. The Hall–Kier alpha value is -1.29. The van der Waals surface area contributed by atoms with Crippen molar-refractivity contribution in [2.45, 2.75) is 70.6 Å². The number of anilines is 1. The van der Waals surface area contributed by atoms with E-state index in [1.54, 1.807) is 6.92 Å². The van der Waals surface area contributed by atoms with Gasteiger partial charge in [0.15, 0.2) is 5.12 Å². The number of carbonyl (C=O) groups is 2. The quantitative estimate of drug-likeness (QED) is 0.676. The largest absolute Gasteiger partial charge is 0.325 e. The average Bonchev–Trinajstić information content (AvgIpc) is 2.55. The number of nitrogens with one attached hydrogen (secondary N) is 1. The molecule has 1 aliphatic rings. The molecule has 1 fully saturated rings. The number of thioether (sulfide) groups is 1. The zero-order valence-corrected chi connectivity index (χ0v) is 15.9. The fraction of sp³-hybridized carbons (Fsp3) is 0.600. The van der Waals surface area contributed by atoms with Gasteiger partial charge in [0.05, 0.1) is 5.69 Å². The Morgan fingerprint density at radius 1 is 1.17 bits per heavy atom. The van der Waals surface area contributed by atoms with Gasteiger partial charge in [-0.25, -0.2) is 0 Å². The number of amides is 1. The van der Waals surface area contributed by atoms with Crippen LogP contribution in [0, 0.1) is 11.3 Å². The second-order valence-electron chi connectivity index (χ2n) is 7.32. The van der Waals surface area contributed by atoms with Crippen LogP contribution in [0.4, 0.5) is 5.69 Å². The highest BCUT2D eigenvalue weighted by atomic mass is 32.2. The maximum absolute atomic E-state index is 13.1. The van der Waals surface area contributed by atoms with Gasteiger partial charge in [-0.3, -0.25) is 9.59 Å². The molecule has 24 heavy (non-hydrogen) atoms. The highest BCUT2D eigenvalue weighted by Gasteiger charge is 2.39. The van der Waals surface area contributed by atoms with E-state index in [2.05, 4.69) is 19.2 Å². The minimum atomic E-state index is -0.240. The van der Waals surface area contributed by atoms with Crippen LogP contribution in [0.3, 0.4) is 0 Å². The average molecular weight is 348 g/mol. The minimum Gasteiger partial charge on any atom is -0.325 e. The third kappa shape index (κ3) is 5.10. The molecule has 1 saturated carbocycles. The predicted molar refractivity (Wildman–Crippen MR) is 101 cm³/mol. The van der Waals surface area contributed by atoms with E-state index >= 15 is 0 Å². The molecule has 1 aromatic rings. The van der Waals surface area contributed by atoms with E-state index < -0.39 is 0 Å². The van der Waals surface area contributed by atoms with Crippen LogP contribution in [0.25, 0.3) is 0 Å². The van der Waals surface area contributed by atoms with Crippen molar-refractivity contribution in [1.29, 1.82) is 0 Å². The van der Waals surface area contributed by atoms with Crippen molar-refractivity contribution in [2.24, 2.45) is 11.3 Å². The topological polar surface area (TPSA) is 46.2 Å². The Balaban J connectivity index is 2.17. The van der Waals surface area contributed by atoms with Crippen molar-refractivity contribution in [3.05, 3.63) is 24.3 Å². The number of benzene rings is 1. The van der Waals surface area contributed by atoms with Crippen LogP contribution in [0.1, 0.15) is 65.7 Å². The molecule has 0 unspecified atom stereocenters. The lowest BCUT2D eigenvalue weighted by Crippen LogP contribution is -2.38. The van der Waals surface area contributed by atoms with Crippen molar-refractivity contribution in [3.63, 3.8) is 0 Å². The van der Waals surface area contributed by atoms with Crippen molar-refractivity contribution in [1.82, 2.24) is 0 Å². The number of para-hydroxylation sites is 1. The molecular formula is C20H29NO2S. The summed E-state index contributed by atoms with van der Waals surface area (Å²) < 4.78 is 0. The number of carbonyl (C=O) groups excluding carboxylic acids is 2. The lowest BCUT2D eigenvalue weighted by molar-refractivity contribution is -0.128. The molecule has 1 amide bonds. The normalized spacial score (nSPS) is 16.8. The van der Waals surface area contributed by atoms with Gasteiger partial charge in [0.1, 0.15) is 0 Å². The molecule has 4 heteroatoms. The van der Waals surface area contributed by atoms with Gasteiger partial charge >= 0.3 is 0 Å². The lowest BCUT2D eigenvalue weighted by atomic mass is 9.69. The smallest absolute Gasteiger partial charge is 0.230 e. The van der Waals surface area contributed by atoms with E-state index in [4.69, 9.17) is 0 Å². The van der Waals surface area contributed by atoms with E-state index in [1.807, 2.05) is 24.3 Å². The summed E-state index contributed by atoms with van der Waals surface area (Å²) in [5, 5.41) is 3.17. The van der Waals surface area contributed by atoms with Crippen molar-refractivity contribution >= 4 is 28.5 Å². The first kappa shape index (κ1) is 19.0. The molecule has 1 N–H and O–H groups in total. The van der Waals surface area contributed by atoms with Gasteiger partial charge in [-0.2, -0.15) is 0 Å². The van der Waals surface area contributed by atoms with Crippen molar-refractivity contribution < 1.29 is 9.59 Å². The number of rotatable bonds is 6. The van der Waals surface area contributed by atoms with Crippen molar-refractivity contribution in [3.8, 4) is 0 Å². The molecule has 0 atom stereocenters. The first-order chi connectivity index (χ1) is 11.4. The summed E-state index contributed by atoms with van der Waals surface area (Å²) in [7, 11) is 0. The zero-order valence-electron chi connectivity index (χ0n) is 15.1. The molecule has 0 radical (unpaired) electrons. The Labute approximate surface area is 150 Å². The first-order valence-corrected chi connectivity index (χ1v) is 9.83. The second kappa shape index (κ2) is 8.70. The summed E-state index contributed by atoms with van der Waals surface area (Å²) in [4.78, 5) is 25.4. The molecule has 3 nitrogen and oxygen atoms in total.